The van der Waals surface area contributed by atoms with Crippen LogP contribution in [-0.4, -0.2) is 40.5 Å². The number of para-hydroxylation sites is 1. The van der Waals surface area contributed by atoms with Gasteiger partial charge in [0.05, 0.1) is 12.1 Å². The fourth-order valence-corrected chi connectivity index (χ4v) is 2.87. The van der Waals surface area contributed by atoms with Gasteiger partial charge in [-0.25, -0.2) is 9.97 Å². The first-order chi connectivity index (χ1) is 13.7. The van der Waals surface area contributed by atoms with Gasteiger partial charge in [0.15, 0.2) is 0 Å². The predicted molar refractivity (Wildman–Crippen MR) is 104 cm³/mol. The van der Waals surface area contributed by atoms with Crippen molar-refractivity contribution in [3.8, 4) is 0 Å². The van der Waals surface area contributed by atoms with E-state index in [2.05, 4.69) is 9.97 Å². The van der Waals surface area contributed by atoms with Crippen molar-refractivity contribution >= 4 is 22.6 Å². The number of hydrogen-bond donors (Lipinski definition) is 2. The molecule has 1 aromatic heterocycles. The minimum atomic E-state index is -4.44. The molecule has 3 N–H and O–H groups in total. The van der Waals surface area contributed by atoms with Crippen LogP contribution >= 0.6 is 0 Å². The third kappa shape index (κ3) is 5.64. The molecule has 0 saturated carbocycles. The fraction of sp³-hybridized carbons (Fsp3) is 0.250. The van der Waals surface area contributed by atoms with Crippen molar-refractivity contribution < 1.29 is 18.0 Å². The SMILES string of the molecule is CN(Cc1ccc(C(=O)NCC(F)(F)F)cc1)Cc1nc(N)c2ccccc2n1. The van der Waals surface area contributed by atoms with Crippen molar-refractivity contribution in [2.75, 3.05) is 19.3 Å². The van der Waals surface area contributed by atoms with Crippen molar-refractivity contribution in [2.45, 2.75) is 19.3 Å². The second-order valence-electron chi connectivity index (χ2n) is 6.71. The number of nitrogens with zero attached hydrogens (tertiary/aromatic N) is 3. The Morgan fingerprint density at radius 1 is 1.07 bits per heavy atom. The van der Waals surface area contributed by atoms with E-state index in [4.69, 9.17) is 5.73 Å². The summed E-state index contributed by atoms with van der Waals surface area (Å²) in [7, 11) is 1.89. The highest BCUT2D eigenvalue weighted by Gasteiger charge is 2.27. The minimum Gasteiger partial charge on any atom is -0.383 e. The van der Waals surface area contributed by atoms with E-state index in [9.17, 15) is 18.0 Å². The van der Waals surface area contributed by atoms with Crippen molar-refractivity contribution in [3.05, 3.63) is 65.5 Å². The number of nitrogens with two attached hydrogens (primary N) is 1. The summed E-state index contributed by atoms with van der Waals surface area (Å²) in [5, 5.41) is 2.65. The molecule has 0 spiro atoms. The van der Waals surface area contributed by atoms with Crippen LogP contribution in [0.3, 0.4) is 0 Å². The van der Waals surface area contributed by atoms with Gasteiger partial charge in [-0.15, -0.1) is 0 Å². The van der Waals surface area contributed by atoms with Gasteiger partial charge in [-0.1, -0.05) is 24.3 Å². The third-order valence-corrected chi connectivity index (χ3v) is 4.21. The molecule has 6 nitrogen and oxygen atoms in total. The van der Waals surface area contributed by atoms with Crippen molar-refractivity contribution in [1.29, 1.82) is 0 Å². The molecule has 29 heavy (non-hydrogen) atoms. The number of halogens is 3. The molecule has 0 aliphatic rings. The molecule has 0 saturated heterocycles. The smallest absolute Gasteiger partial charge is 0.383 e. The summed E-state index contributed by atoms with van der Waals surface area (Å²) in [6.45, 7) is -0.353. The summed E-state index contributed by atoms with van der Waals surface area (Å²) in [6.07, 6.45) is -4.44. The van der Waals surface area contributed by atoms with Crippen LogP contribution in [-0.2, 0) is 13.1 Å². The van der Waals surface area contributed by atoms with Crippen LogP contribution in [0.2, 0.25) is 0 Å². The number of nitrogen functional groups attached to an aromatic ring is 1. The Labute approximate surface area is 165 Å². The van der Waals surface area contributed by atoms with Crippen LogP contribution in [0.25, 0.3) is 10.9 Å². The van der Waals surface area contributed by atoms with Gasteiger partial charge in [0.1, 0.15) is 18.2 Å². The molecule has 2 aromatic carbocycles. The third-order valence-electron chi connectivity index (χ3n) is 4.21. The van der Waals surface area contributed by atoms with Gasteiger partial charge >= 0.3 is 6.18 Å². The summed E-state index contributed by atoms with van der Waals surface area (Å²) >= 11 is 0. The number of rotatable bonds is 6. The molecule has 0 atom stereocenters. The Balaban J connectivity index is 1.61. The number of anilines is 1. The fourth-order valence-electron chi connectivity index (χ4n) is 2.87. The van der Waals surface area contributed by atoms with E-state index in [-0.39, 0.29) is 5.56 Å². The second kappa shape index (κ2) is 8.44. The molecule has 0 aliphatic carbocycles. The molecule has 0 radical (unpaired) electrons. The van der Waals surface area contributed by atoms with Crippen LogP contribution in [0.1, 0.15) is 21.7 Å². The molecule has 152 valence electrons. The van der Waals surface area contributed by atoms with E-state index in [1.165, 1.54) is 12.1 Å². The van der Waals surface area contributed by atoms with Crippen LogP contribution in [0, 0.1) is 0 Å². The van der Waals surface area contributed by atoms with Crippen molar-refractivity contribution in [2.24, 2.45) is 0 Å². The zero-order valence-electron chi connectivity index (χ0n) is 15.7. The highest BCUT2D eigenvalue weighted by molar-refractivity contribution is 5.94. The first-order valence-corrected chi connectivity index (χ1v) is 8.85. The highest BCUT2D eigenvalue weighted by Crippen LogP contribution is 2.18. The average molecular weight is 403 g/mol. The molecule has 0 aliphatic heterocycles. The molecule has 0 fully saturated rings. The topological polar surface area (TPSA) is 84.1 Å². The number of nitrogens with one attached hydrogen (secondary N) is 1. The lowest BCUT2D eigenvalue weighted by molar-refractivity contribution is -0.123. The van der Waals surface area contributed by atoms with Gasteiger partial charge in [0, 0.05) is 17.5 Å². The zero-order valence-corrected chi connectivity index (χ0v) is 15.7. The van der Waals surface area contributed by atoms with E-state index in [0.29, 0.717) is 24.7 Å². The van der Waals surface area contributed by atoms with Gasteiger partial charge in [0.25, 0.3) is 5.91 Å². The minimum absolute atomic E-state index is 0.172. The number of benzene rings is 2. The molecular formula is C20H20F3N5O. The number of hydrogen-bond acceptors (Lipinski definition) is 5. The number of aromatic nitrogens is 2. The lowest BCUT2D eigenvalue weighted by Gasteiger charge is -2.16. The second-order valence-corrected chi connectivity index (χ2v) is 6.71. The monoisotopic (exact) mass is 403 g/mol. The van der Waals surface area contributed by atoms with E-state index in [0.717, 1.165) is 16.5 Å². The quantitative estimate of drug-likeness (QED) is 0.661. The van der Waals surface area contributed by atoms with E-state index in [1.54, 1.807) is 12.1 Å². The number of alkyl halides is 3. The van der Waals surface area contributed by atoms with Gasteiger partial charge in [-0.05, 0) is 36.9 Å². The Hall–Kier alpha value is -3.20. The molecule has 1 amide bonds. The van der Waals surface area contributed by atoms with Crippen molar-refractivity contribution in [3.63, 3.8) is 0 Å². The standard InChI is InChI=1S/C20H20F3N5O/c1-28(11-17-26-16-5-3-2-4-15(16)18(24)27-17)10-13-6-8-14(9-7-13)19(29)25-12-20(21,22)23/h2-9H,10-12H2,1H3,(H,25,29)(H2,24,26,27). The van der Waals surface area contributed by atoms with E-state index in [1.807, 2.05) is 41.5 Å². The normalized spacial score (nSPS) is 11.8. The number of carbonyl (C=O) groups is 1. The largest absolute Gasteiger partial charge is 0.405 e. The van der Waals surface area contributed by atoms with Gasteiger partial charge in [0.2, 0.25) is 0 Å². The van der Waals surface area contributed by atoms with E-state index < -0.39 is 18.6 Å². The Kier molecular flexibility index (Phi) is 5.97. The van der Waals surface area contributed by atoms with Crippen LogP contribution < -0.4 is 11.1 Å². The first-order valence-electron chi connectivity index (χ1n) is 8.85. The van der Waals surface area contributed by atoms with Gasteiger partial charge in [-0.3, -0.25) is 9.69 Å². The Morgan fingerprint density at radius 2 is 1.76 bits per heavy atom. The lowest BCUT2D eigenvalue weighted by atomic mass is 10.1. The maximum absolute atomic E-state index is 12.2. The van der Waals surface area contributed by atoms with Crippen LogP contribution in [0.4, 0.5) is 19.0 Å². The molecule has 3 aromatic rings. The zero-order chi connectivity index (χ0) is 21.0. The van der Waals surface area contributed by atoms with Gasteiger partial charge in [-0.2, -0.15) is 13.2 Å². The Bertz CT molecular complexity index is 1010. The summed E-state index contributed by atoms with van der Waals surface area (Å²) in [5.74, 6) is 0.252. The predicted octanol–water partition coefficient (Wildman–Crippen LogP) is 3.14. The summed E-state index contributed by atoms with van der Waals surface area (Å²) in [5.41, 5.74) is 7.85. The summed E-state index contributed by atoms with van der Waals surface area (Å²) in [4.78, 5) is 22.6. The highest BCUT2D eigenvalue weighted by atomic mass is 19.4. The van der Waals surface area contributed by atoms with Crippen molar-refractivity contribution in [1.82, 2.24) is 20.2 Å². The molecule has 1 heterocycles. The molecule has 9 heteroatoms. The number of amides is 1. The number of fused-ring (bicyclic) bond motifs is 1. The Morgan fingerprint density at radius 3 is 2.45 bits per heavy atom. The van der Waals surface area contributed by atoms with E-state index >= 15 is 0 Å². The molecule has 3 rings (SSSR count). The van der Waals surface area contributed by atoms with Gasteiger partial charge < -0.3 is 11.1 Å². The first kappa shape index (κ1) is 20.5. The molecule has 0 unspecified atom stereocenters. The molecular weight excluding hydrogens is 383 g/mol. The lowest BCUT2D eigenvalue weighted by Crippen LogP contribution is -2.33. The average Bonchev–Trinajstić information content (AvgIpc) is 2.66. The van der Waals surface area contributed by atoms with Crippen LogP contribution in [0.5, 0.6) is 0 Å². The molecule has 0 bridgehead atoms. The number of carbonyl (C=O) groups excluding carboxylic acids is 1. The maximum Gasteiger partial charge on any atom is 0.405 e. The summed E-state index contributed by atoms with van der Waals surface area (Å²) in [6, 6.07) is 13.9. The van der Waals surface area contributed by atoms with Crippen LogP contribution in [0.15, 0.2) is 48.5 Å². The summed E-state index contributed by atoms with van der Waals surface area (Å²) < 4.78 is 36.6. The maximum atomic E-state index is 12.2.